The van der Waals surface area contributed by atoms with E-state index in [9.17, 15) is 0 Å². The van der Waals surface area contributed by atoms with Crippen molar-refractivity contribution in [2.24, 2.45) is 0 Å². The summed E-state index contributed by atoms with van der Waals surface area (Å²) in [6.45, 7) is 0. The van der Waals surface area contributed by atoms with Gasteiger partial charge in [-0.2, -0.15) is 23.8 Å². The Hall–Kier alpha value is -0.797. The van der Waals surface area contributed by atoms with Gasteiger partial charge in [-0.15, -0.1) is 18.4 Å². The van der Waals surface area contributed by atoms with Gasteiger partial charge in [0.25, 0.3) is 0 Å². The first-order chi connectivity index (χ1) is 8.95. The van der Waals surface area contributed by atoms with E-state index in [1.807, 2.05) is 48.6 Å². The SMILES string of the molecule is C(#Cc1ccccc1)C1=[C-]CC=C1.[C-]1=CC=CC1.[Cl-].[Cl-].[Zr+4]. The summed E-state index contributed by atoms with van der Waals surface area (Å²) in [4.78, 5) is 0. The molecule has 104 valence electrons. The minimum Gasteiger partial charge on any atom is -1.00 e. The Labute approximate surface area is 159 Å². The molecule has 0 radical (unpaired) electrons. The second-order valence-electron chi connectivity index (χ2n) is 3.82. The van der Waals surface area contributed by atoms with E-state index < -0.39 is 0 Å². The molecule has 2 aliphatic carbocycles. The molecule has 1 aromatic carbocycles. The molecule has 0 saturated heterocycles. The van der Waals surface area contributed by atoms with E-state index in [1.54, 1.807) is 0 Å². The molecule has 21 heavy (non-hydrogen) atoms. The Balaban J connectivity index is 0. The number of allylic oxidation sites excluding steroid dienone is 8. The first kappa shape index (κ1) is 22.5. The molecule has 2 aliphatic rings. The largest absolute Gasteiger partial charge is 4.00 e. The van der Waals surface area contributed by atoms with Crippen molar-refractivity contribution >= 4 is 0 Å². The molecule has 0 amide bonds. The summed E-state index contributed by atoms with van der Waals surface area (Å²) in [7, 11) is 0. The third kappa shape index (κ3) is 9.70. The third-order valence-corrected chi connectivity index (χ3v) is 2.40. The van der Waals surface area contributed by atoms with Crippen LogP contribution in [0.25, 0.3) is 0 Å². The number of halogens is 2. The van der Waals surface area contributed by atoms with Gasteiger partial charge in [0.2, 0.25) is 0 Å². The van der Waals surface area contributed by atoms with Gasteiger partial charge in [0.1, 0.15) is 0 Å². The Morgan fingerprint density at radius 1 is 0.905 bits per heavy atom. The van der Waals surface area contributed by atoms with E-state index in [2.05, 4.69) is 36.1 Å². The summed E-state index contributed by atoms with van der Waals surface area (Å²) in [5.41, 5.74) is 2.06. The number of hydrogen-bond acceptors (Lipinski definition) is 0. The maximum Gasteiger partial charge on any atom is 4.00 e. The van der Waals surface area contributed by atoms with Crippen LogP contribution in [0, 0.1) is 24.0 Å². The van der Waals surface area contributed by atoms with Gasteiger partial charge in [-0.25, -0.2) is 18.1 Å². The molecule has 0 saturated carbocycles. The average Bonchev–Trinajstić information content (AvgIpc) is 3.13. The molecule has 0 spiro atoms. The molecule has 0 nitrogen and oxygen atoms in total. The number of benzene rings is 1. The van der Waals surface area contributed by atoms with Gasteiger partial charge in [-0.05, 0) is 12.1 Å². The van der Waals surface area contributed by atoms with Gasteiger partial charge < -0.3 is 24.8 Å². The van der Waals surface area contributed by atoms with Crippen LogP contribution in [0.3, 0.4) is 0 Å². The summed E-state index contributed by atoms with van der Waals surface area (Å²) in [5, 5.41) is 0. The van der Waals surface area contributed by atoms with Gasteiger partial charge in [-0.1, -0.05) is 24.6 Å². The molecule has 1 aromatic rings. The normalized spacial score (nSPS) is 12.5. The van der Waals surface area contributed by atoms with E-state index in [0.29, 0.717) is 0 Å². The Kier molecular flexibility index (Phi) is 15.2. The zero-order valence-electron chi connectivity index (χ0n) is 11.4. The van der Waals surface area contributed by atoms with Crippen molar-refractivity contribution in [3.05, 3.63) is 84.0 Å². The second kappa shape index (κ2) is 14.2. The van der Waals surface area contributed by atoms with Crippen LogP contribution in [-0.4, -0.2) is 0 Å². The standard InChI is InChI=1S/C13H9.C5H5.2ClH.Zr/c1-2-6-12(7-3-1)10-11-13-8-4-5-9-13;1-2-4-5-3-1;;;/h1-4,6-8H,5H2;1-3H,4H2;2*1H;/q2*-1;;;+4/p-2. The van der Waals surface area contributed by atoms with Crippen molar-refractivity contribution in [1.29, 1.82) is 0 Å². The fourth-order valence-electron chi connectivity index (χ4n) is 1.49. The van der Waals surface area contributed by atoms with Crippen LogP contribution in [0.2, 0.25) is 0 Å². The summed E-state index contributed by atoms with van der Waals surface area (Å²) in [6.07, 6.45) is 18.1. The van der Waals surface area contributed by atoms with E-state index in [4.69, 9.17) is 0 Å². The third-order valence-electron chi connectivity index (χ3n) is 2.40. The van der Waals surface area contributed by atoms with Gasteiger partial charge in [0.05, 0.1) is 0 Å². The average molecular weight is 392 g/mol. The minimum atomic E-state index is 0. The fraction of sp³-hybridized carbons (Fsp3) is 0.111. The smallest absolute Gasteiger partial charge is 1.00 e. The van der Waals surface area contributed by atoms with Crippen molar-refractivity contribution in [1.82, 2.24) is 0 Å². The molecule has 3 heteroatoms. The van der Waals surface area contributed by atoms with Gasteiger partial charge in [-0.3, -0.25) is 6.08 Å². The molecule has 0 fully saturated rings. The molecule has 0 aliphatic heterocycles. The van der Waals surface area contributed by atoms with Crippen molar-refractivity contribution in [2.75, 3.05) is 0 Å². The zero-order chi connectivity index (χ0) is 12.5. The molecule has 3 rings (SSSR count). The van der Waals surface area contributed by atoms with Crippen LogP contribution in [0.4, 0.5) is 0 Å². The molecular weight excluding hydrogens is 378 g/mol. The van der Waals surface area contributed by atoms with E-state index >= 15 is 0 Å². The molecular formula is C18H14Cl2Zr. The van der Waals surface area contributed by atoms with Crippen LogP contribution in [0.5, 0.6) is 0 Å². The van der Waals surface area contributed by atoms with Gasteiger partial charge in [0, 0.05) is 5.56 Å². The first-order valence-electron chi connectivity index (χ1n) is 6.01. The topological polar surface area (TPSA) is 0 Å². The first-order valence-corrected chi connectivity index (χ1v) is 6.01. The van der Waals surface area contributed by atoms with Crippen molar-refractivity contribution in [3.63, 3.8) is 0 Å². The van der Waals surface area contributed by atoms with Crippen LogP contribution < -0.4 is 24.8 Å². The maximum absolute atomic E-state index is 3.16. The van der Waals surface area contributed by atoms with Crippen LogP contribution >= 0.6 is 0 Å². The second-order valence-corrected chi connectivity index (χ2v) is 3.82. The molecule has 0 aromatic heterocycles. The van der Waals surface area contributed by atoms with E-state index in [1.165, 1.54) is 0 Å². The van der Waals surface area contributed by atoms with Crippen LogP contribution in [0.1, 0.15) is 18.4 Å². The van der Waals surface area contributed by atoms with Crippen LogP contribution in [0.15, 0.2) is 66.3 Å². The number of hydrogen-bond donors (Lipinski definition) is 0. The zero-order valence-corrected chi connectivity index (χ0v) is 15.4. The Morgan fingerprint density at radius 2 is 1.67 bits per heavy atom. The van der Waals surface area contributed by atoms with Crippen molar-refractivity contribution < 1.29 is 51.0 Å². The van der Waals surface area contributed by atoms with Crippen molar-refractivity contribution in [2.45, 2.75) is 12.8 Å². The fourth-order valence-corrected chi connectivity index (χ4v) is 1.49. The summed E-state index contributed by atoms with van der Waals surface area (Å²) in [6, 6.07) is 9.99. The quantitative estimate of drug-likeness (QED) is 0.355. The molecule has 0 heterocycles. The van der Waals surface area contributed by atoms with Crippen LogP contribution in [-0.2, 0) is 26.2 Å². The predicted octanol–water partition coefficient (Wildman–Crippen LogP) is -1.96. The molecule has 0 atom stereocenters. The van der Waals surface area contributed by atoms with Gasteiger partial charge >= 0.3 is 26.2 Å². The maximum atomic E-state index is 3.16. The Bertz CT molecular complexity index is 548. The summed E-state index contributed by atoms with van der Waals surface area (Å²) >= 11 is 0. The van der Waals surface area contributed by atoms with Crippen molar-refractivity contribution in [3.8, 4) is 11.8 Å². The Morgan fingerprint density at radius 3 is 2.14 bits per heavy atom. The summed E-state index contributed by atoms with van der Waals surface area (Å²) in [5.74, 6) is 6.15. The van der Waals surface area contributed by atoms with Gasteiger partial charge in [0.15, 0.2) is 0 Å². The molecule has 0 bridgehead atoms. The summed E-state index contributed by atoms with van der Waals surface area (Å²) < 4.78 is 0. The number of rotatable bonds is 0. The molecule has 0 unspecified atom stereocenters. The predicted molar refractivity (Wildman–Crippen MR) is 75.4 cm³/mol. The van der Waals surface area contributed by atoms with E-state index in [-0.39, 0.29) is 51.0 Å². The van der Waals surface area contributed by atoms with E-state index in [0.717, 1.165) is 24.0 Å². The minimum absolute atomic E-state index is 0. The monoisotopic (exact) mass is 390 g/mol. The molecule has 0 N–H and O–H groups in total.